The Morgan fingerprint density at radius 1 is 0.810 bits per heavy atom. The van der Waals surface area contributed by atoms with Crippen molar-refractivity contribution >= 4 is 17.7 Å². The number of nitrogens with one attached hydrogen (secondary N) is 1. The van der Waals surface area contributed by atoms with E-state index >= 15 is 0 Å². The first-order valence-corrected chi connectivity index (χ1v) is 13.5. The first kappa shape index (κ1) is 30.3. The van der Waals surface area contributed by atoms with Crippen LogP contribution in [0.15, 0.2) is 79.0 Å². The van der Waals surface area contributed by atoms with Gasteiger partial charge in [0, 0.05) is 23.8 Å². The molecule has 218 valence electrons. The number of carboxylic acids is 1. The highest BCUT2D eigenvalue weighted by Gasteiger charge is 2.32. The van der Waals surface area contributed by atoms with Crippen LogP contribution in [0.1, 0.15) is 65.1 Å². The van der Waals surface area contributed by atoms with Gasteiger partial charge < -0.3 is 15.0 Å². The van der Waals surface area contributed by atoms with Gasteiger partial charge in [0.15, 0.2) is 5.78 Å². The largest absolute Gasteiger partial charge is 0.481 e. The third-order valence-electron chi connectivity index (χ3n) is 6.98. The standard InChI is InChI=1S/C33H31F3N2O4/c1-19(2)38(20(3)4)32(42)29-27(18-37-30(29)23-11-9-21(10-12-23)17-28(39)40)31(41)26-8-6-5-7-25(26)22-13-15-24(16-14-22)33(34,35)36/h5-16,18-20,37H,17H2,1-4H3,(H,39,40). The number of benzene rings is 3. The van der Waals surface area contributed by atoms with Gasteiger partial charge in [-0.1, -0.05) is 60.7 Å². The lowest BCUT2D eigenvalue weighted by Crippen LogP contribution is -2.42. The number of amides is 1. The lowest BCUT2D eigenvalue weighted by molar-refractivity contribution is -0.138. The Hall–Kier alpha value is -4.66. The van der Waals surface area contributed by atoms with Gasteiger partial charge in [-0.15, -0.1) is 0 Å². The molecule has 3 aromatic carbocycles. The van der Waals surface area contributed by atoms with Gasteiger partial charge in [-0.05, 0) is 62.1 Å². The van der Waals surface area contributed by atoms with Gasteiger partial charge in [0.2, 0.25) is 0 Å². The van der Waals surface area contributed by atoms with Crippen molar-refractivity contribution in [1.29, 1.82) is 0 Å². The van der Waals surface area contributed by atoms with Gasteiger partial charge in [0.25, 0.3) is 5.91 Å². The molecule has 0 aliphatic carbocycles. The Bertz CT molecular complexity index is 1590. The zero-order chi connectivity index (χ0) is 30.8. The minimum Gasteiger partial charge on any atom is -0.481 e. The van der Waals surface area contributed by atoms with E-state index in [0.29, 0.717) is 27.9 Å². The van der Waals surface area contributed by atoms with Gasteiger partial charge >= 0.3 is 12.1 Å². The zero-order valence-electron chi connectivity index (χ0n) is 23.6. The second kappa shape index (κ2) is 12.1. The van der Waals surface area contributed by atoms with Crippen LogP contribution in [0.3, 0.4) is 0 Å². The average molecular weight is 577 g/mol. The summed E-state index contributed by atoms with van der Waals surface area (Å²) in [7, 11) is 0. The number of aromatic nitrogens is 1. The molecule has 6 nitrogen and oxygen atoms in total. The van der Waals surface area contributed by atoms with E-state index in [4.69, 9.17) is 5.11 Å². The molecule has 0 aliphatic rings. The maximum Gasteiger partial charge on any atom is 0.416 e. The van der Waals surface area contributed by atoms with Crippen LogP contribution in [0.4, 0.5) is 13.2 Å². The summed E-state index contributed by atoms with van der Waals surface area (Å²) in [6.45, 7) is 7.53. The van der Waals surface area contributed by atoms with Crippen LogP contribution >= 0.6 is 0 Å². The summed E-state index contributed by atoms with van der Waals surface area (Å²) in [5.41, 5.74) is 2.16. The Balaban J connectivity index is 1.85. The molecule has 0 bridgehead atoms. The van der Waals surface area contributed by atoms with E-state index in [0.717, 1.165) is 12.1 Å². The minimum atomic E-state index is -4.49. The molecule has 0 saturated carbocycles. The molecular weight excluding hydrogens is 545 g/mol. The number of hydrogen-bond acceptors (Lipinski definition) is 3. The molecule has 0 aliphatic heterocycles. The van der Waals surface area contributed by atoms with Crippen molar-refractivity contribution < 1.29 is 32.7 Å². The van der Waals surface area contributed by atoms with Crippen molar-refractivity contribution in [2.75, 3.05) is 0 Å². The summed E-state index contributed by atoms with van der Waals surface area (Å²) in [4.78, 5) is 44.1. The number of aromatic amines is 1. The summed E-state index contributed by atoms with van der Waals surface area (Å²) in [5, 5.41) is 9.12. The van der Waals surface area contributed by atoms with Crippen molar-refractivity contribution in [1.82, 2.24) is 9.88 Å². The maximum atomic E-state index is 14.1. The number of carbonyl (C=O) groups is 3. The molecule has 4 rings (SSSR count). The summed E-state index contributed by atoms with van der Waals surface area (Å²) in [5.74, 6) is -1.80. The summed E-state index contributed by atoms with van der Waals surface area (Å²) >= 11 is 0. The molecule has 0 unspecified atom stereocenters. The molecule has 9 heteroatoms. The fourth-order valence-electron chi connectivity index (χ4n) is 5.13. The van der Waals surface area contributed by atoms with Crippen LogP contribution in [0, 0.1) is 0 Å². The average Bonchev–Trinajstić information content (AvgIpc) is 3.37. The normalized spacial score (nSPS) is 11.6. The maximum absolute atomic E-state index is 14.1. The molecule has 0 saturated heterocycles. The van der Waals surface area contributed by atoms with Gasteiger partial charge in [-0.25, -0.2) is 0 Å². The molecule has 2 N–H and O–H groups in total. The minimum absolute atomic E-state index is 0.121. The number of carbonyl (C=O) groups excluding carboxylic acids is 2. The van der Waals surface area contributed by atoms with Crippen molar-refractivity contribution in [3.8, 4) is 22.4 Å². The lowest BCUT2D eigenvalue weighted by atomic mass is 9.91. The number of rotatable bonds is 9. The van der Waals surface area contributed by atoms with Crippen LogP contribution in [-0.2, 0) is 17.4 Å². The molecule has 0 fully saturated rings. The van der Waals surface area contributed by atoms with Crippen LogP contribution in [0.2, 0.25) is 0 Å². The predicted octanol–water partition coefficient (Wildman–Crippen LogP) is 7.48. The molecule has 4 aromatic rings. The quantitative estimate of drug-likeness (QED) is 0.202. The number of H-pyrrole nitrogens is 1. The Morgan fingerprint density at radius 2 is 1.38 bits per heavy atom. The smallest absolute Gasteiger partial charge is 0.416 e. The van der Waals surface area contributed by atoms with Crippen molar-refractivity contribution in [2.45, 2.75) is 52.4 Å². The van der Waals surface area contributed by atoms with Crippen LogP contribution in [-0.4, -0.2) is 44.7 Å². The van der Waals surface area contributed by atoms with E-state index < -0.39 is 23.5 Å². The molecule has 1 amide bonds. The summed E-state index contributed by atoms with van der Waals surface area (Å²) < 4.78 is 39.5. The third kappa shape index (κ3) is 6.30. The van der Waals surface area contributed by atoms with E-state index in [-0.39, 0.29) is 41.1 Å². The monoisotopic (exact) mass is 576 g/mol. The molecule has 42 heavy (non-hydrogen) atoms. The molecule has 1 aromatic heterocycles. The topological polar surface area (TPSA) is 90.5 Å². The number of halogens is 3. The van der Waals surface area contributed by atoms with Gasteiger partial charge in [-0.2, -0.15) is 13.2 Å². The van der Waals surface area contributed by atoms with E-state index in [9.17, 15) is 27.6 Å². The molecule has 1 heterocycles. The van der Waals surface area contributed by atoms with Gasteiger partial charge in [-0.3, -0.25) is 14.4 Å². The van der Waals surface area contributed by atoms with E-state index in [1.165, 1.54) is 18.3 Å². The third-order valence-corrected chi connectivity index (χ3v) is 6.98. The number of aliphatic carboxylic acids is 1. The zero-order valence-corrected chi connectivity index (χ0v) is 23.6. The molecule has 0 spiro atoms. The molecule has 0 radical (unpaired) electrons. The lowest BCUT2D eigenvalue weighted by Gasteiger charge is -2.31. The van der Waals surface area contributed by atoms with Gasteiger partial charge in [0.05, 0.1) is 28.8 Å². The molecular formula is C33H31F3N2O4. The van der Waals surface area contributed by atoms with Crippen molar-refractivity contribution in [3.05, 3.63) is 107 Å². The van der Waals surface area contributed by atoms with Crippen molar-refractivity contribution in [3.63, 3.8) is 0 Å². The number of hydrogen-bond donors (Lipinski definition) is 2. The van der Waals surface area contributed by atoms with Gasteiger partial charge in [0.1, 0.15) is 0 Å². The van der Waals surface area contributed by atoms with Crippen LogP contribution in [0.25, 0.3) is 22.4 Å². The highest BCUT2D eigenvalue weighted by atomic mass is 19.4. The van der Waals surface area contributed by atoms with Crippen molar-refractivity contribution in [2.24, 2.45) is 0 Å². The SMILES string of the molecule is CC(C)N(C(=O)c1c(C(=O)c2ccccc2-c2ccc(C(F)(F)F)cc2)c[nH]c1-c1ccc(CC(=O)O)cc1)C(C)C. The second-order valence-corrected chi connectivity index (χ2v) is 10.6. The van der Waals surface area contributed by atoms with Crippen LogP contribution < -0.4 is 0 Å². The molecule has 0 atom stereocenters. The summed E-state index contributed by atoms with van der Waals surface area (Å²) in [6, 6.07) is 17.5. The second-order valence-electron chi connectivity index (χ2n) is 10.6. The predicted molar refractivity (Wildman–Crippen MR) is 154 cm³/mol. The highest BCUT2D eigenvalue weighted by molar-refractivity contribution is 6.19. The Morgan fingerprint density at radius 3 is 1.93 bits per heavy atom. The number of ketones is 1. The van der Waals surface area contributed by atoms with E-state index in [1.54, 1.807) is 53.4 Å². The number of carboxylic acid groups (broad SMARTS) is 1. The Labute approximate surface area is 241 Å². The number of alkyl halides is 3. The summed E-state index contributed by atoms with van der Waals surface area (Å²) in [6.07, 6.45) is -3.18. The Kier molecular flexibility index (Phi) is 8.70. The van der Waals surface area contributed by atoms with Crippen LogP contribution in [0.5, 0.6) is 0 Å². The first-order valence-electron chi connectivity index (χ1n) is 13.5. The number of nitrogens with zero attached hydrogens (tertiary/aromatic N) is 1. The first-order chi connectivity index (χ1) is 19.8. The fourth-order valence-corrected chi connectivity index (χ4v) is 5.13. The fraction of sp³-hybridized carbons (Fsp3) is 0.242. The highest BCUT2D eigenvalue weighted by Crippen LogP contribution is 2.34. The van der Waals surface area contributed by atoms with E-state index in [2.05, 4.69) is 4.98 Å². The van der Waals surface area contributed by atoms with E-state index in [1.807, 2.05) is 27.7 Å².